The van der Waals surface area contributed by atoms with E-state index < -0.39 is 11.6 Å². The van der Waals surface area contributed by atoms with E-state index in [0.717, 1.165) is 6.07 Å². The van der Waals surface area contributed by atoms with Crippen LogP contribution in [0.25, 0.3) is 0 Å². The molecule has 0 amide bonds. The summed E-state index contributed by atoms with van der Waals surface area (Å²) >= 11 is 0. The molecule has 0 bridgehead atoms. The zero-order valence-corrected chi connectivity index (χ0v) is 9.65. The molecule has 0 spiro atoms. The number of aliphatic hydroxyl groups is 1. The fourth-order valence-corrected chi connectivity index (χ4v) is 1.47. The van der Waals surface area contributed by atoms with Crippen molar-refractivity contribution in [2.75, 3.05) is 0 Å². The Morgan fingerprint density at radius 1 is 1.22 bits per heavy atom. The molecule has 0 aliphatic rings. The highest BCUT2D eigenvalue weighted by Gasteiger charge is 2.10. The van der Waals surface area contributed by atoms with Crippen molar-refractivity contribution in [1.82, 2.24) is 4.98 Å². The second-order valence-corrected chi connectivity index (χ2v) is 3.71. The number of hydrogen-bond donors (Lipinski definition) is 1. The zero-order chi connectivity index (χ0) is 13.1. The van der Waals surface area contributed by atoms with Crippen LogP contribution in [0.3, 0.4) is 0 Å². The molecule has 0 unspecified atom stereocenters. The van der Waals surface area contributed by atoms with Gasteiger partial charge >= 0.3 is 0 Å². The number of aryl methyl sites for hydroxylation is 1. The molecule has 0 aliphatic carbocycles. The van der Waals surface area contributed by atoms with Crippen LogP contribution in [0.1, 0.15) is 11.3 Å². The fourth-order valence-electron chi connectivity index (χ4n) is 1.47. The minimum atomic E-state index is -1.05. The van der Waals surface area contributed by atoms with Gasteiger partial charge in [-0.1, -0.05) is 6.07 Å². The van der Waals surface area contributed by atoms with Crippen molar-refractivity contribution in [1.29, 1.82) is 0 Å². The number of aromatic nitrogens is 1. The molecule has 5 heteroatoms. The van der Waals surface area contributed by atoms with Gasteiger partial charge in [0.1, 0.15) is 0 Å². The van der Waals surface area contributed by atoms with Crippen LogP contribution in [0.2, 0.25) is 0 Å². The lowest BCUT2D eigenvalue weighted by Gasteiger charge is -2.08. The number of pyridine rings is 1. The third kappa shape index (κ3) is 2.46. The van der Waals surface area contributed by atoms with Gasteiger partial charge in [0.25, 0.3) is 0 Å². The quantitative estimate of drug-likeness (QED) is 0.911. The number of ether oxygens (including phenoxy) is 1. The third-order valence-electron chi connectivity index (χ3n) is 2.47. The number of aliphatic hydroxyl groups excluding tert-OH is 1. The Kier molecular flexibility index (Phi) is 3.53. The van der Waals surface area contributed by atoms with Crippen LogP contribution in [0.4, 0.5) is 8.78 Å². The maximum absolute atomic E-state index is 13.4. The summed E-state index contributed by atoms with van der Waals surface area (Å²) in [7, 11) is 0. The first-order valence-electron chi connectivity index (χ1n) is 5.31. The summed E-state index contributed by atoms with van der Waals surface area (Å²) in [6, 6.07) is 6.78. The first kappa shape index (κ1) is 12.4. The lowest BCUT2D eigenvalue weighted by molar-refractivity contribution is 0.280. The molecule has 1 N–H and O–H groups in total. The highest BCUT2D eigenvalue weighted by Crippen LogP contribution is 2.25. The molecule has 0 saturated heterocycles. The van der Waals surface area contributed by atoms with E-state index in [1.165, 1.54) is 18.2 Å². The Labute approximate surface area is 103 Å². The third-order valence-corrected chi connectivity index (χ3v) is 2.47. The van der Waals surface area contributed by atoms with Gasteiger partial charge in [0.05, 0.1) is 6.61 Å². The van der Waals surface area contributed by atoms with E-state index in [4.69, 9.17) is 9.84 Å². The van der Waals surface area contributed by atoms with E-state index in [0.29, 0.717) is 11.3 Å². The Bertz CT molecular complexity index is 573. The van der Waals surface area contributed by atoms with Gasteiger partial charge in [-0.05, 0) is 30.7 Å². The summed E-state index contributed by atoms with van der Waals surface area (Å²) in [6.45, 7) is 1.56. The summed E-state index contributed by atoms with van der Waals surface area (Å²) < 4.78 is 31.5. The number of halogens is 2. The van der Waals surface area contributed by atoms with Crippen molar-refractivity contribution in [3.05, 3.63) is 53.2 Å². The molecule has 0 fully saturated rings. The van der Waals surface area contributed by atoms with Gasteiger partial charge < -0.3 is 9.84 Å². The molecule has 2 rings (SSSR count). The van der Waals surface area contributed by atoms with Gasteiger partial charge in [0, 0.05) is 11.8 Å². The number of hydrogen-bond acceptors (Lipinski definition) is 3. The van der Waals surface area contributed by atoms with Crippen molar-refractivity contribution in [2.24, 2.45) is 0 Å². The minimum absolute atomic E-state index is 0.132. The standard InChI is InChI=1S/C13H11F2NO2/c1-8-9(7-17)5-6-12(16-8)18-11-4-2-3-10(14)13(11)15/h2-6,17H,7H2,1H3. The molecule has 0 saturated carbocycles. The van der Waals surface area contributed by atoms with Gasteiger partial charge in [0.2, 0.25) is 11.7 Å². The first-order chi connectivity index (χ1) is 8.61. The van der Waals surface area contributed by atoms with Gasteiger partial charge in [-0.15, -0.1) is 0 Å². The molecule has 1 aromatic carbocycles. The van der Waals surface area contributed by atoms with Crippen molar-refractivity contribution in [3.8, 4) is 11.6 Å². The van der Waals surface area contributed by atoms with Gasteiger partial charge in [-0.2, -0.15) is 4.39 Å². The first-order valence-corrected chi connectivity index (χ1v) is 5.31. The molecular formula is C13H11F2NO2. The SMILES string of the molecule is Cc1nc(Oc2cccc(F)c2F)ccc1CO. The van der Waals surface area contributed by atoms with Crippen molar-refractivity contribution in [2.45, 2.75) is 13.5 Å². The van der Waals surface area contributed by atoms with E-state index in [1.807, 2.05) is 0 Å². The highest BCUT2D eigenvalue weighted by molar-refractivity contribution is 5.31. The number of rotatable bonds is 3. The lowest BCUT2D eigenvalue weighted by atomic mass is 10.2. The van der Waals surface area contributed by atoms with E-state index in [1.54, 1.807) is 13.0 Å². The highest BCUT2D eigenvalue weighted by atomic mass is 19.2. The van der Waals surface area contributed by atoms with Crippen LogP contribution in [0.15, 0.2) is 30.3 Å². The van der Waals surface area contributed by atoms with Crippen LogP contribution in [-0.4, -0.2) is 10.1 Å². The maximum Gasteiger partial charge on any atom is 0.219 e. The van der Waals surface area contributed by atoms with E-state index in [-0.39, 0.29) is 18.2 Å². The lowest BCUT2D eigenvalue weighted by Crippen LogP contribution is -1.97. The molecule has 3 nitrogen and oxygen atoms in total. The van der Waals surface area contributed by atoms with E-state index in [2.05, 4.69) is 4.98 Å². The Hall–Kier alpha value is -2.01. The summed E-state index contributed by atoms with van der Waals surface area (Å²) in [5.74, 6) is -2.10. The summed E-state index contributed by atoms with van der Waals surface area (Å²) in [4.78, 5) is 4.04. The van der Waals surface area contributed by atoms with Crippen LogP contribution < -0.4 is 4.74 Å². The summed E-state index contributed by atoms with van der Waals surface area (Å²) in [5, 5.41) is 8.99. The predicted molar refractivity (Wildman–Crippen MR) is 61.3 cm³/mol. The average Bonchev–Trinajstić information content (AvgIpc) is 2.35. The van der Waals surface area contributed by atoms with E-state index in [9.17, 15) is 8.78 Å². The Balaban J connectivity index is 2.29. The Morgan fingerprint density at radius 3 is 2.67 bits per heavy atom. The fraction of sp³-hybridized carbons (Fsp3) is 0.154. The van der Waals surface area contributed by atoms with Crippen LogP contribution in [0, 0.1) is 18.6 Å². The summed E-state index contributed by atoms with van der Waals surface area (Å²) in [5.41, 5.74) is 1.23. The zero-order valence-electron chi connectivity index (χ0n) is 9.65. The number of benzene rings is 1. The van der Waals surface area contributed by atoms with Gasteiger partial charge in [-0.3, -0.25) is 0 Å². The van der Waals surface area contributed by atoms with Crippen molar-refractivity contribution < 1.29 is 18.6 Å². The van der Waals surface area contributed by atoms with Gasteiger partial charge in [0.15, 0.2) is 11.6 Å². The molecule has 1 heterocycles. The van der Waals surface area contributed by atoms with Crippen molar-refractivity contribution >= 4 is 0 Å². The number of nitrogens with zero attached hydrogens (tertiary/aromatic N) is 1. The Morgan fingerprint density at radius 2 is 2.00 bits per heavy atom. The normalized spacial score (nSPS) is 10.4. The summed E-state index contributed by atoms with van der Waals surface area (Å²) in [6.07, 6.45) is 0. The van der Waals surface area contributed by atoms with Crippen LogP contribution >= 0.6 is 0 Å². The average molecular weight is 251 g/mol. The molecule has 18 heavy (non-hydrogen) atoms. The monoisotopic (exact) mass is 251 g/mol. The second kappa shape index (κ2) is 5.10. The minimum Gasteiger partial charge on any atom is -0.436 e. The topological polar surface area (TPSA) is 42.4 Å². The molecule has 0 radical (unpaired) electrons. The molecular weight excluding hydrogens is 240 g/mol. The molecule has 2 aromatic rings. The van der Waals surface area contributed by atoms with Gasteiger partial charge in [-0.25, -0.2) is 9.37 Å². The molecule has 0 aliphatic heterocycles. The molecule has 1 aromatic heterocycles. The smallest absolute Gasteiger partial charge is 0.219 e. The molecule has 94 valence electrons. The van der Waals surface area contributed by atoms with Crippen LogP contribution in [-0.2, 0) is 6.61 Å². The van der Waals surface area contributed by atoms with E-state index >= 15 is 0 Å². The van der Waals surface area contributed by atoms with Crippen LogP contribution in [0.5, 0.6) is 11.6 Å². The van der Waals surface area contributed by atoms with Crippen molar-refractivity contribution in [3.63, 3.8) is 0 Å². The second-order valence-electron chi connectivity index (χ2n) is 3.71. The predicted octanol–water partition coefficient (Wildman–Crippen LogP) is 2.95. The molecule has 0 atom stereocenters. The largest absolute Gasteiger partial charge is 0.436 e. The maximum atomic E-state index is 13.4.